The number of aromatic nitrogens is 1. The summed E-state index contributed by atoms with van der Waals surface area (Å²) < 4.78 is 0. The summed E-state index contributed by atoms with van der Waals surface area (Å²) in [5.74, 6) is 0.633. The molecule has 0 radical (unpaired) electrons. The SMILES string of the molecule is CC(C)NCC(O)CSc1ccc(Cl)cn1. The number of nitrogens with zero attached hydrogens (tertiary/aromatic N) is 1. The molecule has 0 bridgehead atoms. The summed E-state index contributed by atoms with van der Waals surface area (Å²) in [5.41, 5.74) is 0. The van der Waals surface area contributed by atoms with Crippen molar-refractivity contribution in [3.05, 3.63) is 23.4 Å². The number of aliphatic hydroxyl groups excluding tert-OH is 1. The van der Waals surface area contributed by atoms with Gasteiger partial charge in [0.1, 0.15) is 0 Å². The van der Waals surface area contributed by atoms with Gasteiger partial charge in [-0.15, -0.1) is 11.8 Å². The summed E-state index contributed by atoms with van der Waals surface area (Å²) in [6.07, 6.45) is 1.26. The van der Waals surface area contributed by atoms with E-state index in [9.17, 15) is 5.11 Å². The Bertz CT molecular complexity index is 305. The van der Waals surface area contributed by atoms with E-state index in [4.69, 9.17) is 11.6 Å². The van der Waals surface area contributed by atoms with Crippen LogP contribution in [0.3, 0.4) is 0 Å². The van der Waals surface area contributed by atoms with Crippen LogP contribution < -0.4 is 5.32 Å². The van der Waals surface area contributed by atoms with E-state index in [1.165, 1.54) is 11.8 Å². The lowest BCUT2D eigenvalue weighted by Gasteiger charge is -2.13. The first-order valence-corrected chi connectivity index (χ1v) is 6.60. The highest BCUT2D eigenvalue weighted by Crippen LogP contribution is 2.17. The molecule has 0 saturated heterocycles. The highest BCUT2D eigenvalue weighted by Gasteiger charge is 2.06. The standard InChI is InChI=1S/C11H17ClN2OS/c1-8(2)13-6-10(15)7-16-11-4-3-9(12)5-14-11/h3-5,8,10,13,15H,6-7H2,1-2H3. The second kappa shape index (κ2) is 7.12. The fourth-order valence-electron chi connectivity index (χ4n) is 1.06. The molecular formula is C11H17ClN2OS. The third kappa shape index (κ3) is 5.70. The van der Waals surface area contributed by atoms with Crippen molar-refractivity contribution in [1.29, 1.82) is 0 Å². The van der Waals surface area contributed by atoms with Gasteiger partial charge in [0.15, 0.2) is 0 Å². The molecule has 0 amide bonds. The van der Waals surface area contributed by atoms with Gasteiger partial charge in [-0.05, 0) is 12.1 Å². The third-order valence-corrected chi connectivity index (χ3v) is 3.20. The van der Waals surface area contributed by atoms with Crippen LogP contribution in [0, 0.1) is 0 Å². The number of nitrogens with one attached hydrogen (secondary N) is 1. The molecule has 0 aliphatic heterocycles. The Labute approximate surface area is 106 Å². The van der Waals surface area contributed by atoms with Gasteiger partial charge in [-0.3, -0.25) is 0 Å². The van der Waals surface area contributed by atoms with Gasteiger partial charge in [0.25, 0.3) is 0 Å². The quantitative estimate of drug-likeness (QED) is 0.770. The lowest BCUT2D eigenvalue weighted by Crippen LogP contribution is -2.33. The lowest BCUT2D eigenvalue weighted by molar-refractivity contribution is 0.192. The molecule has 16 heavy (non-hydrogen) atoms. The van der Waals surface area contributed by atoms with Gasteiger partial charge in [-0.1, -0.05) is 25.4 Å². The van der Waals surface area contributed by atoms with Crippen molar-refractivity contribution in [3.63, 3.8) is 0 Å². The second-order valence-electron chi connectivity index (χ2n) is 3.84. The molecule has 5 heteroatoms. The summed E-state index contributed by atoms with van der Waals surface area (Å²) in [7, 11) is 0. The van der Waals surface area contributed by atoms with E-state index < -0.39 is 0 Å². The van der Waals surface area contributed by atoms with E-state index in [0.29, 0.717) is 23.4 Å². The lowest BCUT2D eigenvalue weighted by atomic mass is 10.3. The number of rotatable bonds is 6. The molecule has 0 spiro atoms. The number of pyridine rings is 1. The van der Waals surface area contributed by atoms with Crippen molar-refractivity contribution in [1.82, 2.24) is 10.3 Å². The fraction of sp³-hybridized carbons (Fsp3) is 0.545. The van der Waals surface area contributed by atoms with Gasteiger partial charge in [0.2, 0.25) is 0 Å². The number of hydrogen-bond donors (Lipinski definition) is 2. The molecule has 0 aliphatic carbocycles. The van der Waals surface area contributed by atoms with Crippen molar-refractivity contribution < 1.29 is 5.11 Å². The molecule has 1 aromatic rings. The first-order chi connectivity index (χ1) is 7.58. The minimum Gasteiger partial charge on any atom is -0.391 e. The minimum absolute atomic E-state index is 0.357. The number of thioether (sulfide) groups is 1. The Hall–Kier alpha value is -0.290. The van der Waals surface area contributed by atoms with Gasteiger partial charge in [-0.2, -0.15) is 0 Å². The topological polar surface area (TPSA) is 45.1 Å². The third-order valence-electron chi connectivity index (χ3n) is 1.89. The van der Waals surface area contributed by atoms with Crippen molar-refractivity contribution in [2.45, 2.75) is 31.0 Å². The molecule has 0 fully saturated rings. The van der Waals surface area contributed by atoms with Gasteiger partial charge >= 0.3 is 0 Å². The van der Waals surface area contributed by atoms with E-state index in [-0.39, 0.29) is 6.10 Å². The summed E-state index contributed by atoms with van der Waals surface area (Å²) >= 11 is 7.26. The van der Waals surface area contributed by atoms with E-state index in [1.54, 1.807) is 12.3 Å². The largest absolute Gasteiger partial charge is 0.391 e. The average Bonchev–Trinajstić information content (AvgIpc) is 2.25. The van der Waals surface area contributed by atoms with Gasteiger partial charge in [0.05, 0.1) is 16.2 Å². The van der Waals surface area contributed by atoms with Crippen LogP contribution in [0.2, 0.25) is 5.02 Å². The first kappa shape index (κ1) is 13.8. The van der Waals surface area contributed by atoms with Crippen LogP contribution in [0.4, 0.5) is 0 Å². The Morgan fingerprint density at radius 2 is 2.25 bits per heavy atom. The van der Waals surface area contributed by atoms with E-state index in [2.05, 4.69) is 24.1 Å². The van der Waals surface area contributed by atoms with Crippen LogP contribution in [0.1, 0.15) is 13.8 Å². The zero-order valence-corrected chi connectivity index (χ0v) is 11.1. The van der Waals surface area contributed by atoms with Crippen LogP contribution >= 0.6 is 23.4 Å². The van der Waals surface area contributed by atoms with Gasteiger partial charge in [0, 0.05) is 24.5 Å². The van der Waals surface area contributed by atoms with Crippen molar-refractivity contribution >= 4 is 23.4 Å². The molecule has 3 nitrogen and oxygen atoms in total. The van der Waals surface area contributed by atoms with E-state index >= 15 is 0 Å². The molecule has 1 atom stereocenters. The zero-order valence-electron chi connectivity index (χ0n) is 9.48. The van der Waals surface area contributed by atoms with Gasteiger partial charge < -0.3 is 10.4 Å². The maximum Gasteiger partial charge on any atom is 0.0961 e. The van der Waals surface area contributed by atoms with Gasteiger partial charge in [-0.25, -0.2) is 4.98 Å². The Balaban J connectivity index is 2.26. The predicted molar refractivity (Wildman–Crippen MR) is 69.1 cm³/mol. The Morgan fingerprint density at radius 1 is 1.50 bits per heavy atom. The highest BCUT2D eigenvalue weighted by atomic mass is 35.5. The molecule has 2 N–H and O–H groups in total. The Kier molecular flexibility index (Phi) is 6.13. The molecule has 0 aliphatic rings. The smallest absolute Gasteiger partial charge is 0.0961 e. The van der Waals surface area contributed by atoms with Crippen LogP contribution in [0.25, 0.3) is 0 Å². The van der Waals surface area contributed by atoms with Crippen LogP contribution in [-0.4, -0.2) is 34.5 Å². The molecule has 1 unspecified atom stereocenters. The number of aliphatic hydroxyl groups is 1. The summed E-state index contributed by atoms with van der Waals surface area (Å²) in [6.45, 7) is 4.72. The molecular weight excluding hydrogens is 244 g/mol. The molecule has 0 aromatic carbocycles. The Morgan fingerprint density at radius 3 is 2.81 bits per heavy atom. The highest BCUT2D eigenvalue weighted by molar-refractivity contribution is 7.99. The van der Waals surface area contributed by atoms with E-state index in [0.717, 1.165) is 5.03 Å². The monoisotopic (exact) mass is 260 g/mol. The average molecular weight is 261 g/mol. The van der Waals surface area contributed by atoms with Crippen LogP contribution in [0.15, 0.2) is 23.4 Å². The summed E-state index contributed by atoms with van der Waals surface area (Å²) in [4.78, 5) is 4.14. The van der Waals surface area contributed by atoms with Crippen molar-refractivity contribution in [2.75, 3.05) is 12.3 Å². The minimum atomic E-state index is -0.357. The molecule has 0 saturated carbocycles. The normalized spacial score (nSPS) is 13.1. The maximum absolute atomic E-state index is 9.68. The fourth-order valence-corrected chi connectivity index (χ4v) is 1.94. The number of hydrogen-bond acceptors (Lipinski definition) is 4. The van der Waals surface area contributed by atoms with Crippen molar-refractivity contribution in [3.8, 4) is 0 Å². The molecule has 90 valence electrons. The second-order valence-corrected chi connectivity index (χ2v) is 5.32. The first-order valence-electron chi connectivity index (χ1n) is 5.23. The maximum atomic E-state index is 9.68. The molecule has 1 aromatic heterocycles. The molecule has 1 rings (SSSR count). The van der Waals surface area contributed by atoms with E-state index in [1.807, 2.05) is 6.07 Å². The van der Waals surface area contributed by atoms with Crippen molar-refractivity contribution in [2.24, 2.45) is 0 Å². The summed E-state index contributed by atoms with van der Waals surface area (Å²) in [6, 6.07) is 4.05. The number of halogens is 1. The summed E-state index contributed by atoms with van der Waals surface area (Å²) in [5, 5.41) is 14.4. The zero-order chi connectivity index (χ0) is 12.0. The molecule has 1 heterocycles. The van der Waals surface area contributed by atoms with Crippen LogP contribution in [0.5, 0.6) is 0 Å². The predicted octanol–water partition coefficient (Wildman–Crippen LogP) is 2.19. The van der Waals surface area contributed by atoms with Crippen LogP contribution in [-0.2, 0) is 0 Å².